The van der Waals surface area contributed by atoms with E-state index >= 15 is 0 Å². The van der Waals surface area contributed by atoms with E-state index < -0.39 is 11.6 Å². The first-order valence-corrected chi connectivity index (χ1v) is 9.54. The van der Waals surface area contributed by atoms with Crippen molar-refractivity contribution in [3.8, 4) is 5.75 Å². The normalized spacial score (nSPS) is 14.0. The molecule has 0 spiro atoms. The largest absolute Gasteiger partial charge is 0.508 e. The molecule has 0 aliphatic carbocycles. The molecule has 4 rings (SSSR count). The van der Waals surface area contributed by atoms with Crippen molar-refractivity contribution < 1.29 is 19.0 Å². The fraction of sp³-hybridized carbons (Fsp3) is 0.190. The molecule has 1 aliphatic heterocycles. The van der Waals surface area contributed by atoms with E-state index in [2.05, 4.69) is 25.3 Å². The van der Waals surface area contributed by atoms with E-state index in [4.69, 9.17) is 4.74 Å². The molecule has 1 aliphatic rings. The second-order valence-corrected chi connectivity index (χ2v) is 6.67. The van der Waals surface area contributed by atoms with Gasteiger partial charge in [-0.3, -0.25) is 9.78 Å². The first kappa shape index (κ1) is 20.4. The minimum atomic E-state index is -0.552. The van der Waals surface area contributed by atoms with E-state index in [0.717, 1.165) is 12.4 Å². The van der Waals surface area contributed by atoms with Gasteiger partial charge in [0.1, 0.15) is 11.4 Å². The Bertz CT molecular complexity index is 1100. The lowest BCUT2D eigenvalue weighted by Crippen LogP contribution is -2.37. The van der Waals surface area contributed by atoms with E-state index in [9.17, 15) is 14.3 Å². The van der Waals surface area contributed by atoms with Gasteiger partial charge in [-0.05, 0) is 24.3 Å². The summed E-state index contributed by atoms with van der Waals surface area (Å²) in [5.41, 5.74) is 1.52. The number of aromatic nitrogens is 3. The molecule has 0 amide bonds. The summed E-state index contributed by atoms with van der Waals surface area (Å²) in [5, 5.41) is 12.6. The molecule has 2 N–H and O–H groups in total. The number of phenolic OH excluding ortho intramolecular Hbond substituents is 1. The molecule has 0 bridgehead atoms. The number of ketones is 1. The van der Waals surface area contributed by atoms with Gasteiger partial charge in [-0.1, -0.05) is 6.07 Å². The summed E-state index contributed by atoms with van der Waals surface area (Å²) in [5.74, 6) is -0.731. The SMILES string of the molecule is O=C(/C=N/c1ncc(F)c(N2CCOCC2)n1)c1ccc(Nc2cccc(O)c2)cn1. The van der Waals surface area contributed by atoms with Crippen molar-refractivity contribution in [3.05, 3.63) is 60.3 Å². The molecule has 31 heavy (non-hydrogen) atoms. The number of ether oxygens (including phenoxy) is 1. The number of hydrogen-bond acceptors (Lipinski definition) is 9. The van der Waals surface area contributed by atoms with Crippen molar-refractivity contribution in [2.75, 3.05) is 36.5 Å². The van der Waals surface area contributed by atoms with E-state index in [1.807, 2.05) is 0 Å². The van der Waals surface area contributed by atoms with Gasteiger partial charge in [0.05, 0.1) is 37.5 Å². The Morgan fingerprint density at radius 1 is 1.16 bits per heavy atom. The van der Waals surface area contributed by atoms with E-state index in [1.165, 1.54) is 6.20 Å². The van der Waals surface area contributed by atoms with Gasteiger partial charge >= 0.3 is 0 Å². The number of halogens is 1. The average molecular weight is 422 g/mol. The Kier molecular flexibility index (Phi) is 6.08. The lowest BCUT2D eigenvalue weighted by Gasteiger charge is -2.27. The highest BCUT2D eigenvalue weighted by Crippen LogP contribution is 2.21. The first-order chi connectivity index (χ1) is 15.1. The van der Waals surface area contributed by atoms with Gasteiger partial charge in [-0.2, -0.15) is 4.98 Å². The molecule has 0 unspecified atom stereocenters. The zero-order valence-electron chi connectivity index (χ0n) is 16.4. The number of phenols is 1. The Morgan fingerprint density at radius 2 is 2.00 bits per heavy atom. The summed E-state index contributed by atoms with van der Waals surface area (Å²) < 4.78 is 19.3. The molecule has 0 atom stereocenters. The zero-order valence-corrected chi connectivity index (χ0v) is 16.4. The number of nitrogens with zero attached hydrogens (tertiary/aromatic N) is 5. The van der Waals surface area contributed by atoms with Gasteiger partial charge in [0.15, 0.2) is 11.6 Å². The van der Waals surface area contributed by atoms with Crippen molar-refractivity contribution in [3.63, 3.8) is 0 Å². The summed E-state index contributed by atoms with van der Waals surface area (Å²) in [6.07, 6.45) is 3.59. The molecule has 1 saturated heterocycles. The summed E-state index contributed by atoms with van der Waals surface area (Å²) in [6, 6.07) is 9.87. The molecule has 0 radical (unpaired) electrons. The molecule has 9 nitrogen and oxygen atoms in total. The van der Waals surface area contributed by atoms with Crippen LogP contribution in [0.15, 0.2) is 53.8 Å². The van der Waals surface area contributed by atoms with Crippen LogP contribution < -0.4 is 10.2 Å². The minimum absolute atomic E-state index is 0.0154. The number of aromatic hydroxyl groups is 1. The van der Waals surface area contributed by atoms with Gasteiger partial charge in [-0.15, -0.1) is 0 Å². The van der Waals surface area contributed by atoms with Crippen molar-refractivity contribution in [1.29, 1.82) is 0 Å². The lowest BCUT2D eigenvalue weighted by molar-refractivity contribution is 0.106. The minimum Gasteiger partial charge on any atom is -0.508 e. The van der Waals surface area contributed by atoms with Crippen LogP contribution in [0.2, 0.25) is 0 Å². The molecule has 10 heteroatoms. The predicted octanol–water partition coefficient (Wildman–Crippen LogP) is 2.88. The fourth-order valence-electron chi connectivity index (χ4n) is 2.95. The zero-order chi connectivity index (χ0) is 21.6. The van der Waals surface area contributed by atoms with Crippen LogP contribution in [0.1, 0.15) is 10.5 Å². The maximum atomic E-state index is 14.1. The van der Waals surface area contributed by atoms with E-state index in [0.29, 0.717) is 37.7 Å². The number of nitrogens with one attached hydrogen (secondary N) is 1. The van der Waals surface area contributed by atoms with Crippen LogP contribution in [0.25, 0.3) is 0 Å². The van der Waals surface area contributed by atoms with Crippen LogP contribution in [0.4, 0.5) is 27.5 Å². The number of aliphatic imine (C=N–C) groups is 1. The van der Waals surface area contributed by atoms with Crippen LogP contribution in [0, 0.1) is 5.82 Å². The third kappa shape index (κ3) is 5.17. The third-order valence-corrected chi connectivity index (χ3v) is 4.47. The lowest BCUT2D eigenvalue weighted by atomic mass is 10.2. The average Bonchev–Trinajstić information content (AvgIpc) is 2.79. The van der Waals surface area contributed by atoms with Crippen molar-refractivity contribution in [2.24, 2.45) is 4.99 Å². The van der Waals surface area contributed by atoms with Gasteiger partial charge in [0.25, 0.3) is 5.95 Å². The molecule has 158 valence electrons. The molecule has 3 aromatic rings. The molecule has 1 aromatic carbocycles. The number of hydrogen-bond donors (Lipinski definition) is 2. The second kappa shape index (κ2) is 9.26. The van der Waals surface area contributed by atoms with Crippen LogP contribution in [-0.2, 0) is 4.74 Å². The summed E-state index contributed by atoms with van der Waals surface area (Å²) in [4.78, 5) is 30.2. The molecular formula is C21H19FN6O3. The number of Topliss-reactive ketones (excluding diaryl/α,β-unsaturated/α-hetero) is 1. The second-order valence-electron chi connectivity index (χ2n) is 6.67. The number of rotatable bonds is 6. The number of morpholine rings is 1. The van der Waals surface area contributed by atoms with Crippen LogP contribution >= 0.6 is 0 Å². The number of carbonyl (C=O) groups excluding carboxylic acids is 1. The molecule has 0 saturated carbocycles. The van der Waals surface area contributed by atoms with Gasteiger partial charge in [-0.25, -0.2) is 14.4 Å². The van der Waals surface area contributed by atoms with Gasteiger partial charge in [0.2, 0.25) is 5.78 Å². The summed E-state index contributed by atoms with van der Waals surface area (Å²) in [7, 11) is 0. The molecular weight excluding hydrogens is 403 g/mol. The summed E-state index contributed by atoms with van der Waals surface area (Å²) >= 11 is 0. The van der Waals surface area contributed by atoms with E-state index in [1.54, 1.807) is 41.3 Å². The highest BCUT2D eigenvalue weighted by atomic mass is 19.1. The molecule has 3 heterocycles. The number of anilines is 3. The Labute approximate surface area is 177 Å². The van der Waals surface area contributed by atoms with Gasteiger partial charge < -0.3 is 20.1 Å². The smallest absolute Gasteiger partial charge is 0.251 e. The van der Waals surface area contributed by atoms with Crippen molar-refractivity contribution >= 4 is 35.1 Å². The predicted molar refractivity (Wildman–Crippen MR) is 113 cm³/mol. The van der Waals surface area contributed by atoms with Crippen LogP contribution in [-0.4, -0.2) is 58.4 Å². The Balaban J connectivity index is 1.43. The highest BCUT2D eigenvalue weighted by Gasteiger charge is 2.17. The monoisotopic (exact) mass is 422 g/mol. The summed E-state index contributed by atoms with van der Waals surface area (Å²) in [6.45, 7) is 2.01. The quantitative estimate of drug-likeness (QED) is 0.461. The van der Waals surface area contributed by atoms with Crippen molar-refractivity contribution in [1.82, 2.24) is 15.0 Å². The number of carbonyl (C=O) groups is 1. The number of pyridine rings is 1. The molecule has 2 aromatic heterocycles. The first-order valence-electron chi connectivity index (χ1n) is 9.54. The topological polar surface area (TPSA) is 113 Å². The number of benzene rings is 1. The molecule has 1 fully saturated rings. The maximum Gasteiger partial charge on any atom is 0.251 e. The Hall–Kier alpha value is -3.92. The maximum absolute atomic E-state index is 14.1. The van der Waals surface area contributed by atoms with Crippen LogP contribution in [0.5, 0.6) is 5.75 Å². The Morgan fingerprint density at radius 3 is 2.74 bits per heavy atom. The fourth-order valence-corrected chi connectivity index (χ4v) is 2.95. The van der Waals surface area contributed by atoms with E-state index in [-0.39, 0.29) is 23.2 Å². The third-order valence-electron chi connectivity index (χ3n) is 4.47. The standard InChI is InChI=1S/C21H19FN6O3/c22-17-12-24-21(27-20(17)28-6-8-31-9-7-28)25-13-19(30)18-5-4-15(11-23-18)26-14-2-1-3-16(29)10-14/h1-5,10-13,26,29H,6-9H2/b25-13+. The van der Waals surface area contributed by atoms with Crippen LogP contribution in [0.3, 0.4) is 0 Å². The van der Waals surface area contributed by atoms with Crippen molar-refractivity contribution in [2.45, 2.75) is 0 Å². The van der Waals surface area contributed by atoms with Gasteiger partial charge in [0, 0.05) is 24.8 Å². The highest BCUT2D eigenvalue weighted by molar-refractivity contribution is 6.35.